The standard InChI is InChI=1S/C14H19FN2O/c1-17(14(18)13-7-4-9-16-13)10-8-11-5-2-3-6-12(11)15/h2-3,5-6,13,16H,4,7-10H2,1H3. The third-order valence-electron chi connectivity index (χ3n) is 3.41. The lowest BCUT2D eigenvalue weighted by atomic mass is 10.1. The smallest absolute Gasteiger partial charge is 0.239 e. The number of nitrogens with zero attached hydrogens (tertiary/aromatic N) is 1. The Balaban J connectivity index is 1.86. The first kappa shape index (κ1) is 13.0. The largest absolute Gasteiger partial charge is 0.344 e. The van der Waals surface area contributed by atoms with Gasteiger partial charge in [-0.2, -0.15) is 0 Å². The van der Waals surface area contributed by atoms with Crippen molar-refractivity contribution in [3.63, 3.8) is 0 Å². The van der Waals surface area contributed by atoms with Crippen LogP contribution in [-0.2, 0) is 11.2 Å². The molecular formula is C14H19FN2O. The minimum atomic E-state index is -0.197. The molecule has 4 heteroatoms. The second-order valence-corrected chi connectivity index (χ2v) is 4.75. The van der Waals surface area contributed by atoms with Gasteiger partial charge in [-0.15, -0.1) is 0 Å². The lowest BCUT2D eigenvalue weighted by Crippen LogP contribution is -2.42. The summed E-state index contributed by atoms with van der Waals surface area (Å²) in [6, 6.07) is 6.67. The molecule has 0 bridgehead atoms. The van der Waals surface area contributed by atoms with Gasteiger partial charge in [0.25, 0.3) is 0 Å². The van der Waals surface area contributed by atoms with Crippen molar-refractivity contribution in [2.75, 3.05) is 20.1 Å². The Morgan fingerprint density at radius 1 is 1.50 bits per heavy atom. The molecule has 1 fully saturated rings. The van der Waals surface area contributed by atoms with Crippen LogP contribution in [0, 0.1) is 5.82 Å². The van der Waals surface area contributed by atoms with Crippen LogP contribution in [0.1, 0.15) is 18.4 Å². The molecule has 1 unspecified atom stereocenters. The zero-order valence-corrected chi connectivity index (χ0v) is 10.7. The topological polar surface area (TPSA) is 32.3 Å². The van der Waals surface area contributed by atoms with E-state index in [1.807, 2.05) is 6.07 Å². The van der Waals surface area contributed by atoms with Crippen LogP contribution < -0.4 is 5.32 Å². The van der Waals surface area contributed by atoms with Gasteiger partial charge < -0.3 is 10.2 Å². The number of hydrogen-bond acceptors (Lipinski definition) is 2. The molecule has 3 nitrogen and oxygen atoms in total. The zero-order valence-electron chi connectivity index (χ0n) is 10.7. The monoisotopic (exact) mass is 250 g/mol. The van der Waals surface area contributed by atoms with Gasteiger partial charge in [-0.1, -0.05) is 18.2 Å². The summed E-state index contributed by atoms with van der Waals surface area (Å²) in [5.74, 6) is -0.0822. The Morgan fingerprint density at radius 3 is 2.94 bits per heavy atom. The van der Waals surface area contributed by atoms with E-state index in [0.717, 1.165) is 19.4 Å². The lowest BCUT2D eigenvalue weighted by molar-refractivity contribution is -0.131. The van der Waals surface area contributed by atoms with Crippen molar-refractivity contribution in [3.05, 3.63) is 35.6 Å². The third kappa shape index (κ3) is 3.07. The molecule has 1 heterocycles. The van der Waals surface area contributed by atoms with Gasteiger partial charge >= 0.3 is 0 Å². The summed E-state index contributed by atoms with van der Waals surface area (Å²) < 4.78 is 13.4. The van der Waals surface area contributed by atoms with Crippen LogP contribution in [0.15, 0.2) is 24.3 Å². The highest BCUT2D eigenvalue weighted by atomic mass is 19.1. The fourth-order valence-electron chi connectivity index (χ4n) is 2.26. The Hall–Kier alpha value is -1.42. The zero-order chi connectivity index (χ0) is 13.0. The van der Waals surface area contributed by atoms with Gasteiger partial charge in [0.2, 0.25) is 5.91 Å². The number of carbonyl (C=O) groups excluding carboxylic acids is 1. The van der Waals surface area contributed by atoms with Gasteiger partial charge in [-0.3, -0.25) is 4.79 Å². The highest BCUT2D eigenvalue weighted by molar-refractivity contribution is 5.81. The Morgan fingerprint density at radius 2 is 2.28 bits per heavy atom. The molecule has 1 N–H and O–H groups in total. The number of rotatable bonds is 4. The van der Waals surface area contributed by atoms with Crippen molar-refractivity contribution in [1.29, 1.82) is 0 Å². The Bertz CT molecular complexity index is 416. The van der Waals surface area contributed by atoms with E-state index in [0.29, 0.717) is 18.5 Å². The molecule has 1 amide bonds. The van der Waals surface area contributed by atoms with Gasteiger partial charge in [-0.05, 0) is 37.4 Å². The molecule has 1 atom stereocenters. The highest BCUT2D eigenvalue weighted by Gasteiger charge is 2.24. The SMILES string of the molecule is CN(CCc1ccccc1F)C(=O)C1CCCN1. The van der Waals surface area contributed by atoms with Crippen LogP contribution in [0.2, 0.25) is 0 Å². The molecule has 0 aliphatic carbocycles. The lowest BCUT2D eigenvalue weighted by Gasteiger charge is -2.21. The van der Waals surface area contributed by atoms with Crippen molar-refractivity contribution in [2.24, 2.45) is 0 Å². The molecule has 18 heavy (non-hydrogen) atoms. The van der Waals surface area contributed by atoms with E-state index in [9.17, 15) is 9.18 Å². The summed E-state index contributed by atoms with van der Waals surface area (Å²) in [6.45, 7) is 1.47. The fourth-order valence-corrected chi connectivity index (χ4v) is 2.26. The van der Waals surface area contributed by atoms with Crippen LogP contribution in [0.5, 0.6) is 0 Å². The van der Waals surface area contributed by atoms with Crippen LogP contribution in [0.4, 0.5) is 4.39 Å². The maximum absolute atomic E-state index is 13.4. The molecule has 0 aromatic heterocycles. The second kappa shape index (κ2) is 5.96. The number of amides is 1. The quantitative estimate of drug-likeness (QED) is 0.880. The van der Waals surface area contributed by atoms with E-state index < -0.39 is 0 Å². The number of hydrogen-bond donors (Lipinski definition) is 1. The summed E-state index contributed by atoms with van der Waals surface area (Å²) in [7, 11) is 1.78. The molecule has 1 aromatic rings. The van der Waals surface area contributed by atoms with E-state index in [4.69, 9.17) is 0 Å². The molecule has 1 aliphatic heterocycles. The summed E-state index contributed by atoms with van der Waals surface area (Å²) in [5, 5.41) is 3.18. The second-order valence-electron chi connectivity index (χ2n) is 4.75. The maximum Gasteiger partial charge on any atom is 0.239 e. The first-order valence-electron chi connectivity index (χ1n) is 6.40. The van der Waals surface area contributed by atoms with E-state index in [2.05, 4.69) is 5.32 Å². The predicted molar refractivity (Wildman–Crippen MR) is 68.8 cm³/mol. The van der Waals surface area contributed by atoms with Gasteiger partial charge in [-0.25, -0.2) is 4.39 Å². The van der Waals surface area contributed by atoms with Gasteiger partial charge in [0, 0.05) is 13.6 Å². The Labute approximate surface area is 107 Å². The summed E-state index contributed by atoms with van der Waals surface area (Å²) in [5.41, 5.74) is 0.663. The average Bonchev–Trinajstić information content (AvgIpc) is 2.90. The molecule has 0 radical (unpaired) electrons. The van der Waals surface area contributed by atoms with E-state index in [-0.39, 0.29) is 17.8 Å². The summed E-state index contributed by atoms with van der Waals surface area (Å²) in [4.78, 5) is 13.7. The number of likely N-dealkylation sites (N-methyl/N-ethyl adjacent to an activating group) is 1. The number of benzene rings is 1. The van der Waals surface area contributed by atoms with Crippen LogP contribution in [0.3, 0.4) is 0 Å². The van der Waals surface area contributed by atoms with E-state index in [1.54, 1.807) is 24.1 Å². The molecule has 2 rings (SSSR count). The minimum absolute atomic E-state index is 0.0457. The van der Waals surface area contributed by atoms with Crippen LogP contribution in [0.25, 0.3) is 0 Å². The molecule has 1 aliphatic rings. The molecular weight excluding hydrogens is 231 g/mol. The number of halogens is 1. The average molecular weight is 250 g/mol. The van der Waals surface area contributed by atoms with Crippen molar-refractivity contribution in [1.82, 2.24) is 10.2 Å². The molecule has 98 valence electrons. The highest BCUT2D eigenvalue weighted by Crippen LogP contribution is 2.10. The summed E-state index contributed by atoms with van der Waals surface area (Å²) in [6.07, 6.45) is 2.52. The van der Waals surface area contributed by atoms with Crippen molar-refractivity contribution >= 4 is 5.91 Å². The van der Waals surface area contributed by atoms with Crippen molar-refractivity contribution in [3.8, 4) is 0 Å². The maximum atomic E-state index is 13.4. The first-order valence-corrected chi connectivity index (χ1v) is 6.40. The van der Waals surface area contributed by atoms with Gasteiger partial charge in [0.15, 0.2) is 0 Å². The molecule has 1 saturated heterocycles. The Kier molecular flexibility index (Phi) is 4.31. The first-order chi connectivity index (χ1) is 8.68. The van der Waals surface area contributed by atoms with E-state index in [1.165, 1.54) is 6.07 Å². The molecule has 0 spiro atoms. The van der Waals surface area contributed by atoms with E-state index >= 15 is 0 Å². The fraction of sp³-hybridized carbons (Fsp3) is 0.500. The van der Waals surface area contributed by atoms with Gasteiger partial charge in [0.05, 0.1) is 6.04 Å². The van der Waals surface area contributed by atoms with Crippen molar-refractivity contribution < 1.29 is 9.18 Å². The molecule has 0 saturated carbocycles. The normalized spacial score (nSPS) is 18.9. The molecule has 1 aromatic carbocycles. The third-order valence-corrected chi connectivity index (χ3v) is 3.41. The van der Waals surface area contributed by atoms with Crippen LogP contribution in [-0.4, -0.2) is 37.0 Å². The number of nitrogens with one attached hydrogen (secondary N) is 1. The minimum Gasteiger partial charge on any atom is -0.344 e. The van der Waals surface area contributed by atoms with Gasteiger partial charge in [0.1, 0.15) is 5.82 Å². The number of carbonyl (C=O) groups is 1. The van der Waals surface area contributed by atoms with Crippen molar-refractivity contribution in [2.45, 2.75) is 25.3 Å². The van der Waals surface area contributed by atoms with Crippen LogP contribution >= 0.6 is 0 Å². The predicted octanol–water partition coefficient (Wildman–Crippen LogP) is 1.58. The summed E-state index contributed by atoms with van der Waals surface area (Å²) >= 11 is 0.